The lowest BCUT2D eigenvalue weighted by molar-refractivity contribution is 0.185. The third-order valence-electron chi connectivity index (χ3n) is 3.50. The number of aromatic nitrogens is 2. The van der Waals surface area contributed by atoms with E-state index in [9.17, 15) is 4.79 Å². The zero-order valence-electron chi connectivity index (χ0n) is 11.0. The number of carbonyl (C=O) groups excluding carboxylic acids is 1. The molecular weight excluding hydrogens is 230 g/mol. The van der Waals surface area contributed by atoms with Gasteiger partial charge in [0.15, 0.2) is 0 Å². The van der Waals surface area contributed by atoms with Crippen LogP contribution >= 0.6 is 0 Å². The van der Waals surface area contributed by atoms with Crippen LogP contribution in [0.2, 0.25) is 0 Å². The van der Waals surface area contributed by atoms with Crippen LogP contribution in [0.25, 0.3) is 0 Å². The van der Waals surface area contributed by atoms with Crippen molar-refractivity contribution in [2.75, 3.05) is 13.1 Å². The van der Waals surface area contributed by atoms with Crippen molar-refractivity contribution in [1.29, 1.82) is 0 Å². The number of hydrogen-bond acceptors (Lipinski definition) is 3. The number of piperidine rings is 1. The van der Waals surface area contributed by atoms with Crippen molar-refractivity contribution in [3.05, 3.63) is 17.5 Å². The molecule has 1 aromatic rings. The molecule has 2 amide bonds. The number of rotatable bonds is 3. The molecule has 18 heavy (non-hydrogen) atoms. The zero-order chi connectivity index (χ0) is 13.1. The molecule has 1 aromatic heterocycles. The molecule has 6 heteroatoms. The molecule has 100 valence electrons. The first-order chi connectivity index (χ1) is 8.56. The summed E-state index contributed by atoms with van der Waals surface area (Å²) in [6, 6.07) is 0.150. The molecule has 1 saturated heterocycles. The second kappa shape index (κ2) is 5.39. The topological polar surface area (TPSA) is 76.2 Å². The second-order valence-electron chi connectivity index (χ2n) is 4.89. The lowest BCUT2D eigenvalue weighted by Crippen LogP contribution is -2.46. The minimum Gasteiger partial charge on any atom is -0.351 e. The molecule has 1 fully saturated rings. The highest BCUT2D eigenvalue weighted by atomic mass is 16.2. The molecule has 1 aliphatic heterocycles. The Morgan fingerprint density at radius 1 is 1.56 bits per heavy atom. The third kappa shape index (κ3) is 3.01. The summed E-state index contributed by atoms with van der Waals surface area (Å²) in [5.41, 5.74) is 7.56. The lowest BCUT2D eigenvalue weighted by atomic mass is 10.1. The van der Waals surface area contributed by atoms with Gasteiger partial charge in [-0.1, -0.05) is 0 Å². The fourth-order valence-electron chi connectivity index (χ4n) is 2.38. The summed E-state index contributed by atoms with van der Waals surface area (Å²) >= 11 is 0. The second-order valence-corrected chi connectivity index (χ2v) is 4.89. The van der Waals surface area contributed by atoms with Crippen molar-refractivity contribution < 1.29 is 4.79 Å². The van der Waals surface area contributed by atoms with Crippen LogP contribution in [0.3, 0.4) is 0 Å². The number of urea groups is 1. The number of carbonyl (C=O) groups is 1. The van der Waals surface area contributed by atoms with Crippen LogP contribution in [0, 0.1) is 6.92 Å². The van der Waals surface area contributed by atoms with Crippen LogP contribution < -0.4 is 11.1 Å². The van der Waals surface area contributed by atoms with Crippen LogP contribution in [0.5, 0.6) is 0 Å². The van der Waals surface area contributed by atoms with E-state index in [4.69, 9.17) is 5.73 Å². The van der Waals surface area contributed by atoms with E-state index in [1.807, 2.05) is 24.9 Å². The summed E-state index contributed by atoms with van der Waals surface area (Å²) in [4.78, 5) is 12.7. The summed E-state index contributed by atoms with van der Waals surface area (Å²) in [5, 5.41) is 7.84. The van der Waals surface area contributed by atoms with Gasteiger partial charge in [0.05, 0.1) is 5.69 Å². The fourth-order valence-corrected chi connectivity index (χ4v) is 2.38. The predicted octanol–water partition coefficient (Wildman–Crippen LogP) is 0.361. The molecule has 0 unspecified atom stereocenters. The van der Waals surface area contributed by atoms with E-state index in [1.165, 1.54) is 5.56 Å². The monoisotopic (exact) mass is 251 g/mol. The van der Waals surface area contributed by atoms with Gasteiger partial charge in [0.1, 0.15) is 0 Å². The largest absolute Gasteiger partial charge is 0.351 e. The van der Waals surface area contributed by atoms with Gasteiger partial charge in [-0.2, -0.15) is 5.10 Å². The van der Waals surface area contributed by atoms with E-state index in [1.54, 1.807) is 4.90 Å². The van der Waals surface area contributed by atoms with E-state index in [0.29, 0.717) is 6.04 Å². The minimum atomic E-state index is -0.309. The quantitative estimate of drug-likeness (QED) is 0.814. The number of hydrogen-bond donors (Lipinski definition) is 2. The summed E-state index contributed by atoms with van der Waals surface area (Å²) in [5.74, 6) is 0. The SMILES string of the molecule is Cc1nn(C)cc1CNC1CCN(C(N)=O)CC1. The van der Waals surface area contributed by atoms with Crippen LogP contribution in [0.4, 0.5) is 4.79 Å². The number of amides is 2. The Morgan fingerprint density at radius 3 is 2.72 bits per heavy atom. The summed E-state index contributed by atoms with van der Waals surface area (Å²) in [6.07, 6.45) is 3.96. The minimum absolute atomic E-state index is 0.309. The molecule has 0 saturated carbocycles. The first kappa shape index (κ1) is 12.9. The molecule has 0 bridgehead atoms. The van der Waals surface area contributed by atoms with E-state index >= 15 is 0 Å². The molecule has 0 aromatic carbocycles. The van der Waals surface area contributed by atoms with Gasteiger partial charge in [0.2, 0.25) is 0 Å². The number of likely N-dealkylation sites (tertiary alicyclic amines) is 1. The number of nitrogens with zero attached hydrogens (tertiary/aromatic N) is 3. The average molecular weight is 251 g/mol. The Labute approximate surface area is 107 Å². The highest BCUT2D eigenvalue weighted by Gasteiger charge is 2.20. The number of nitrogens with two attached hydrogens (primary N) is 1. The van der Waals surface area contributed by atoms with Gasteiger partial charge in [0, 0.05) is 44.5 Å². The third-order valence-corrected chi connectivity index (χ3v) is 3.50. The molecule has 1 aliphatic rings. The highest BCUT2D eigenvalue weighted by molar-refractivity contribution is 5.72. The van der Waals surface area contributed by atoms with Gasteiger partial charge in [-0.3, -0.25) is 4.68 Å². The zero-order valence-corrected chi connectivity index (χ0v) is 11.0. The summed E-state index contributed by atoms with van der Waals surface area (Å²) < 4.78 is 1.84. The Balaban J connectivity index is 1.79. The molecule has 0 spiro atoms. The Morgan fingerprint density at radius 2 is 2.22 bits per heavy atom. The first-order valence-corrected chi connectivity index (χ1v) is 6.33. The average Bonchev–Trinajstić information content (AvgIpc) is 2.66. The standard InChI is InChI=1S/C12H21N5O/c1-9-10(8-16(2)15-9)7-14-11-3-5-17(6-4-11)12(13)18/h8,11,14H,3-7H2,1-2H3,(H2,13,18). The fraction of sp³-hybridized carbons (Fsp3) is 0.667. The van der Waals surface area contributed by atoms with Crippen molar-refractivity contribution in [3.8, 4) is 0 Å². The van der Waals surface area contributed by atoms with Crippen molar-refractivity contribution in [2.24, 2.45) is 12.8 Å². The molecule has 0 aliphatic carbocycles. The maximum atomic E-state index is 11.0. The van der Waals surface area contributed by atoms with Crippen LogP contribution in [-0.4, -0.2) is 39.8 Å². The Hall–Kier alpha value is -1.56. The number of nitrogens with one attached hydrogen (secondary N) is 1. The van der Waals surface area contributed by atoms with Crippen molar-refractivity contribution in [1.82, 2.24) is 20.0 Å². The van der Waals surface area contributed by atoms with Gasteiger partial charge in [-0.05, 0) is 19.8 Å². The Bertz CT molecular complexity index is 420. The van der Waals surface area contributed by atoms with E-state index < -0.39 is 0 Å². The van der Waals surface area contributed by atoms with Crippen molar-refractivity contribution >= 4 is 6.03 Å². The maximum absolute atomic E-state index is 11.0. The summed E-state index contributed by atoms with van der Waals surface area (Å²) in [7, 11) is 1.93. The number of aryl methyl sites for hydroxylation is 2. The van der Waals surface area contributed by atoms with Gasteiger partial charge < -0.3 is 16.0 Å². The molecule has 6 nitrogen and oxygen atoms in total. The highest BCUT2D eigenvalue weighted by Crippen LogP contribution is 2.11. The normalized spacial score (nSPS) is 17.1. The van der Waals surface area contributed by atoms with E-state index in [-0.39, 0.29) is 6.03 Å². The van der Waals surface area contributed by atoms with Gasteiger partial charge in [0.25, 0.3) is 0 Å². The van der Waals surface area contributed by atoms with E-state index in [2.05, 4.69) is 10.4 Å². The van der Waals surface area contributed by atoms with Gasteiger partial charge >= 0.3 is 6.03 Å². The smallest absolute Gasteiger partial charge is 0.314 e. The maximum Gasteiger partial charge on any atom is 0.314 e. The molecule has 3 N–H and O–H groups in total. The molecule has 0 radical (unpaired) electrons. The first-order valence-electron chi connectivity index (χ1n) is 6.33. The van der Waals surface area contributed by atoms with Crippen LogP contribution in [-0.2, 0) is 13.6 Å². The van der Waals surface area contributed by atoms with Crippen LogP contribution in [0.1, 0.15) is 24.1 Å². The Kier molecular flexibility index (Phi) is 3.86. The van der Waals surface area contributed by atoms with E-state index in [0.717, 1.165) is 38.2 Å². The van der Waals surface area contributed by atoms with Crippen molar-refractivity contribution in [2.45, 2.75) is 32.4 Å². The molecule has 2 rings (SSSR count). The molecule has 2 heterocycles. The summed E-state index contributed by atoms with van der Waals surface area (Å²) in [6.45, 7) is 4.35. The lowest BCUT2D eigenvalue weighted by Gasteiger charge is -2.31. The van der Waals surface area contributed by atoms with Gasteiger partial charge in [-0.25, -0.2) is 4.79 Å². The van der Waals surface area contributed by atoms with Crippen LogP contribution in [0.15, 0.2) is 6.20 Å². The molecule has 0 atom stereocenters. The number of primary amides is 1. The van der Waals surface area contributed by atoms with Gasteiger partial charge in [-0.15, -0.1) is 0 Å². The predicted molar refractivity (Wildman–Crippen MR) is 69.0 cm³/mol. The molecular formula is C12H21N5O. The van der Waals surface area contributed by atoms with Crippen molar-refractivity contribution in [3.63, 3.8) is 0 Å².